The van der Waals surface area contributed by atoms with Gasteiger partial charge in [-0.15, -0.1) is 0 Å². The molecule has 3 aliphatic carbocycles. The number of pyridine rings is 1. The van der Waals surface area contributed by atoms with E-state index < -0.39 is 5.66 Å². The Morgan fingerprint density at radius 3 is 2.73 bits per heavy atom. The zero-order chi connectivity index (χ0) is 23.1. The second-order valence-corrected chi connectivity index (χ2v) is 9.74. The van der Waals surface area contributed by atoms with Crippen molar-refractivity contribution in [3.63, 3.8) is 0 Å². The fourth-order valence-corrected chi connectivity index (χ4v) is 5.94. The van der Waals surface area contributed by atoms with Gasteiger partial charge < -0.3 is 21.3 Å². The fourth-order valence-electron chi connectivity index (χ4n) is 5.94. The molecule has 3 amide bonds. The van der Waals surface area contributed by atoms with Gasteiger partial charge in [0.25, 0.3) is 11.8 Å². The van der Waals surface area contributed by atoms with E-state index in [0.29, 0.717) is 30.6 Å². The Morgan fingerprint density at radius 2 is 1.94 bits per heavy atom. The molecule has 4 aliphatic rings. The largest absolute Gasteiger partial charge is 0.362 e. The molecule has 1 aromatic carbocycles. The number of para-hydroxylation sites is 1. The Morgan fingerprint density at radius 1 is 1.12 bits per heavy atom. The van der Waals surface area contributed by atoms with Gasteiger partial charge in [-0.1, -0.05) is 19.1 Å². The van der Waals surface area contributed by atoms with Crippen LogP contribution in [0.5, 0.6) is 0 Å². The van der Waals surface area contributed by atoms with Crippen molar-refractivity contribution in [3.8, 4) is 0 Å². The smallest absolute Gasteiger partial charge is 0.255 e. The fraction of sp³-hybridized carbons (Fsp3) is 0.440. The summed E-state index contributed by atoms with van der Waals surface area (Å²) < 4.78 is 0. The number of benzene rings is 1. The second kappa shape index (κ2) is 8.17. The Labute approximate surface area is 192 Å². The van der Waals surface area contributed by atoms with E-state index in [1.807, 2.05) is 24.3 Å². The van der Waals surface area contributed by atoms with Crippen LogP contribution in [0.3, 0.4) is 0 Å². The number of nitrogens with zero attached hydrogens (tertiary/aromatic N) is 1. The predicted molar refractivity (Wildman–Crippen MR) is 123 cm³/mol. The van der Waals surface area contributed by atoms with E-state index in [2.05, 4.69) is 33.2 Å². The quantitative estimate of drug-likeness (QED) is 0.526. The van der Waals surface area contributed by atoms with Crippen molar-refractivity contribution >= 4 is 23.4 Å². The van der Waals surface area contributed by atoms with Gasteiger partial charge in [-0.05, 0) is 55.4 Å². The summed E-state index contributed by atoms with van der Waals surface area (Å²) in [6.45, 7) is 2.88. The molecule has 4 N–H and O–H groups in total. The summed E-state index contributed by atoms with van der Waals surface area (Å²) in [4.78, 5) is 42.0. The van der Waals surface area contributed by atoms with Crippen molar-refractivity contribution < 1.29 is 14.4 Å². The van der Waals surface area contributed by atoms with Crippen molar-refractivity contribution in [2.75, 3.05) is 18.4 Å². The second-order valence-electron chi connectivity index (χ2n) is 9.74. The molecule has 1 spiro atoms. The summed E-state index contributed by atoms with van der Waals surface area (Å²) in [6, 6.07) is 11.0. The molecule has 1 aliphatic heterocycles. The number of fused-ring (bicyclic) bond motifs is 3. The summed E-state index contributed by atoms with van der Waals surface area (Å²) in [5.41, 5.74) is 1.30. The minimum absolute atomic E-state index is 0.0233. The van der Waals surface area contributed by atoms with Crippen molar-refractivity contribution in [1.29, 1.82) is 0 Å². The minimum Gasteiger partial charge on any atom is -0.362 e. The highest BCUT2D eigenvalue weighted by Crippen LogP contribution is 2.58. The van der Waals surface area contributed by atoms with Crippen LogP contribution in [0.4, 0.5) is 5.69 Å². The molecule has 3 fully saturated rings. The molecule has 3 saturated carbocycles. The SMILES string of the molecule is CC12CCC(CC1C(=O)NCCNC(=O)c1cccnc1)[C@]1(C2)NC(=O)c2ccccc2N1. The summed E-state index contributed by atoms with van der Waals surface area (Å²) in [6.07, 6.45) is 6.48. The van der Waals surface area contributed by atoms with Crippen LogP contribution in [0.1, 0.15) is 53.3 Å². The lowest BCUT2D eigenvalue weighted by Gasteiger charge is -2.60. The third-order valence-corrected chi connectivity index (χ3v) is 7.62. The molecule has 2 heterocycles. The van der Waals surface area contributed by atoms with E-state index in [9.17, 15) is 14.4 Å². The number of amides is 3. The lowest BCUT2D eigenvalue weighted by molar-refractivity contribution is -0.139. The average molecular weight is 448 g/mol. The van der Waals surface area contributed by atoms with Gasteiger partial charge in [0.15, 0.2) is 0 Å². The maximum atomic E-state index is 13.1. The van der Waals surface area contributed by atoms with Gasteiger partial charge in [0.05, 0.1) is 11.1 Å². The minimum atomic E-state index is -0.507. The number of nitrogens with one attached hydrogen (secondary N) is 4. The topological polar surface area (TPSA) is 112 Å². The maximum Gasteiger partial charge on any atom is 0.255 e. The van der Waals surface area contributed by atoms with E-state index in [4.69, 9.17) is 0 Å². The highest BCUT2D eigenvalue weighted by Gasteiger charge is 2.60. The molecule has 33 heavy (non-hydrogen) atoms. The molecule has 172 valence electrons. The van der Waals surface area contributed by atoms with E-state index in [1.54, 1.807) is 18.3 Å². The first-order chi connectivity index (χ1) is 15.9. The zero-order valence-electron chi connectivity index (χ0n) is 18.7. The van der Waals surface area contributed by atoms with Gasteiger partial charge >= 0.3 is 0 Å². The Bertz CT molecular complexity index is 1090. The van der Waals surface area contributed by atoms with E-state index in [1.165, 1.54) is 6.20 Å². The van der Waals surface area contributed by atoms with Crippen molar-refractivity contribution in [3.05, 3.63) is 59.9 Å². The van der Waals surface area contributed by atoms with Gasteiger partial charge in [0.2, 0.25) is 5.91 Å². The summed E-state index contributed by atoms with van der Waals surface area (Å²) in [5, 5.41) is 12.7. The van der Waals surface area contributed by atoms with Crippen LogP contribution < -0.4 is 21.3 Å². The van der Waals surface area contributed by atoms with Crippen LogP contribution in [-0.4, -0.2) is 41.5 Å². The summed E-state index contributed by atoms with van der Waals surface area (Å²) in [7, 11) is 0. The van der Waals surface area contributed by atoms with Gasteiger partial charge in [0, 0.05) is 43.0 Å². The highest BCUT2D eigenvalue weighted by molar-refractivity contribution is 6.02. The first-order valence-electron chi connectivity index (χ1n) is 11.6. The zero-order valence-corrected chi connectivity index (χ0v) is 18.7. The summed E-state index contributed by atoms with van der Waals surface area (Å²) in [5.74, 6) is -0.173. The lowest BCUT2D eigenvalue weighted by atomic mass is 9.51. The van der Waals surface area contributed by atoms with Crippen LogP contribution in [0.2, 0.25) is 0 Å². The van der Waals surface area contributed by atoms with Crippen molar-refractivity contribution in [1.82, 2.24) is 20.9 Å². The monoisotopic (exact) mass is 447 g/mol. The van der Waals surface area contributed by atoms with Crippen LogP contribution in [-0.2, 0) is 4.79 Å². The van der Waals surface area contributed by atoms with Gasteiger partial charge in [-0.2, -0.15) is 0 Å². The van der Waals surface area contributed by atoms with Gasteiger partial charge in [-0.3, -0.25) is 19.4 Å². The van der Waals surface area contributed by atoms with Crippen LogP contribution in [0.25, 0.3) is 0 Å². The molecule has 8 heteroatoms. The molecule has 6 rings (SSSR count). The molecule has 0 radical (unpaired) electrons. The van der Waals surface area contributed by atoms with E-state index in [0.717, 1.165) is 24.9 Å². The first kappa shape index (κ1) is 21.4. The normalized spacial score (nSPS) is 29.5. The highest BCUT2D eigenvalue weighted by atomic mass is 16.2. The molecule has 4 atom stereocenters. The Hall–Kier alpha value is -3.42. The lowest BCUT2D eigenvalue weighted by Crippen LogP contribution is -2.70. The third kappa shape index (κ3) is 3.83. The molecule has 0 saturated heterocycles. The number of carbonyl (C=O) groups excluding carboxylic acids is 3. The van der Waals surface area contributed by atoms with Crippen molar-refractivity contribution in [2.24, 2.45) is 17.3 Å². The third-order valence-electron chi connectivity index (χ3n) is 7.62. The molecular weight excluding hydrogens is 418 g/mol. The predicted octanol–water partition coefficient (Wildman–Crippen LogP) is 2.31. The maximum absolute atomic E-state index is 13.1. The number of carbonyl (C=O) groups is 3. The molecule has 3 unspecified atom stereocenters. The van der Waals surface area contributed by atoms with Crippen LogP contribution in [0, 0.1) is 17.3 Å². The summed E-state index contributed by atoms with van der Waals surface area (Å²) >= 11 is 0. The molecule has 1 aromatic heterocycles. The number of aromatic nitrogens is 1. The van der Waals surface area contributed by atoms with E-state index in [-0.39, 0.29) is 35.0 Å². The van der Waals surface area contributed by atoms with Gasteiger partial charge in [0.1, 0.15) is 5.66 Å². The Kier molecular flexibility index (Phi) is 5.31. The number of hydrogen-bond acceptors (Lipinski definition) is 5. The van der Waals surface area contributed by atoms with Gasteiger partial charge in [-0.25, -0.2) is 0 Å². The molecule has 2 bridgehead atoms. The molecule has 8 nitrogen and oxygen atoms in total. The van der Waals surface area contributed by atoms with Crippen LogP contribution >= 0.6 is 0 Å². The van der Waals surface area contributed by atoms with Crippen LogP contribution in [0.15, 0.2) is 48.8 Å². The standard InChI is InChI=1S/C25H29N5O3/c1-24-9-8-17(25(15-24)29-20-7-3-2-6-18(20)22(32)30-25)13-19(24)23(33)28-12-11-27-21(31)16-5-4-10-26-14-16/h2-7,10,14,17,19,29H,8-9,11-13,15H2,1H3,(H,27,31)(H,28,33)(H,30,32)/t17?,19?,24?,25-/m0/s1. The number of rotatable bonds is 5. The Balaban J connectivity index is 1.20. The average Bonchev–Trinajstić information content (AvgIpc) is 2.81. The number of hydrogen-bond donors (Lipinski definition) is 4. The van der Waals surface area contributed by atoms with Crippen molar-refractivity contribution in [2.45, 2.75) is 38.3 Å². The number of anilines is 1. The molecular formula is C25H29N5O3. The van der Waals surface area contributed by atoms with E-state index >= 15 is 0 Å². The molecule has 2 aromatic rings. The first-order valence-corrected chi connectivity index (χ1v) is 11.6.